The van der Waals surface area contributed by atoms with Gasteiger partial charge in [0.05, 0.1) is 11.4 Å². The number of fused-ring (bicyclic) bond motifs is 1. The van der Waals surface area contributed by atoms with Crippen LogP contribution >= 0.6 is 0 Å². The fourth-order valence-electron chi connectivity index (χ4n) is 2.37. The highest BCUT2D eigenvalue weighted by Gasteiger charge is 2.19. The van der Waals surface area contributed by atoms with Crippen molar-refractivity contribution in [1.29, 1.82) is 0 Å². The second-order valence-electron chi connectivity index (χ2n) is 4.84. The molecule has 1 unspecified atom stereocenters. The molecule has 1 N–H and O–H groups in total. The maximum absolute atomic E-state index is 10.5. The Balaban J connectivity index is 1.93. The lowest BCUT2D eigenvalue weighted by atomic mass is 10.1. The largest absolute Gasteiger partial charge is 0.486 e. The van der Waals surface area contributed by atoms with Crippen molar-refractivity contribution in [2.24, 2.45) is 7.05 Å². The molecule has 1 atom stereocenters. The van der Waals surface area contributed by atoms with Crippen molar-refractivity contribution in [1.82, 2.24) is 9.78 Å². The number of hydrogen-bond donors (Lipinski definition) is 1. The third-order valence-electron chi connectivity index (χ3n) is 3.49. The summed E-state index contributed by atoms with van der Waals surface area (Å²) in [5, 5.41) is 14.9. The van der Waals surface area contributed by atoms with Crippen LogP contribution in [0.3, 0.4) is 0 Å². The molecule has 106 valence electrons. The van der Waals surface area contributed by atoms with Gasteiger partial charge in [-0.15, -0.1) is 0 Å². The van der Waals surface area contributed by atoms with Crippen LogP contribution in [0.4, 0.5) is 0 Å². The van der Waals surface area contributed by atoms with Gasteiger partial charge in [-0.25, -0.2) is 0 Å². The molecule has 2 aromatic rings. The molecule has 1 aromatic carbocycles. The van der Waals surface area contributed by atoms with Crippen LogP contribution < -0.4 is 9.47 Å². The molecule has 5 heteroatoms. The Morgan fingerprint density at radius 3 is 2.70 bits per heavy atom. The van der Waals surface area contributed by atoms with Crippen LogP contribution in [-0.4, -0.2) is 28.1 Å². The van der Waals surface area contributed by atoms with Crippen LogP contribution in [0.15, 0.2) is 24.3 Å². The molecule has 0 fully saturated rings. The molecular formula is C15H18N2O3. The molecule has 0 amide bonds. The lowest BCUT2D eigenvalue weighted by Gasteiger charge is -2.20. The summed E-state index contributed by atoms with van der Waals surface area (Å²) in [7, 11) is 1.84. The van der Waals surface area contributed by atoms with Crippen LogP contribution in [0.25, 0.3) is 0 Å². The minimum absolute atomic E-state index is 0.540. The lowest BCUT2D eigenvalue weighted by Crippen LogP contribution is -2.16. The van der Waals surface area contributed by atoms with Crippen molar-refractivity contribution < 1.29 is 14.6 Å². The van der Waals surface area contributed by atoms with Crippen molar-refractivity contribution in [3.8, 4) is 11.5 Å². The van der Waals surface area contributed by atoms with Crippen molar-refractivity contribution in [2.45, 2.75) is 19.4 Å². The summed E-state index contributed by atoms with van der Waals surface area (Å²) in [6.07, 6.45) is 0.130. The van der Waals surface area contributed by atoms with Gasteiger partial charge in [0.2, 0.25) is 0 Å². The van der Waals surface area contributed by atoms with Gasteiger partial charge in [0.25, 0.3) is 0 Å². The van der Waals surface area contributed by atoms with Gasteiger partial charge in [-0.1, -0.05) is 13.0 Å². The number of aliphatic hydroxyl groups is 1. The van der Waals surface area contributed by atoms with E-state index < -0.39 is 6.10 Å². The molecule has 1 aliphatic rings. The van der Waals surface area contributed by atoms with E-state index in [-0.39, 0.29) is 0 Å². The number of ether oxygens (including phenoxy) is 2. The van der Waals surface area contributed by atoms with Crippen molar-refractivity contribution in [3.05, 3.63) is 41.2 Å². The molecule has 2 heterocycles. The summed E-state index contributed by atoms with van der Waals surface area (Å²) in [6, 6.07) is 7.46. The quantitative estimate of drug-likeness (QED) is 0.928. The van der Waals surface area contributed by atoms with Gasteiger partial charge in [0.1, 0.15) is 19.3 Å². The number of aromatic nitrogens is 2. The molecule has 0 saturated carbocycles. The molecule has 0 bridgehead atoms. The minimum Gasteiger partial charge on any atom is -0.486 e. The van der Waals surface area contributed by atoms with Gasteiger partial charge in [0.15, 0.2) is 11.5 Å². The van der Waals surface area contributed by atoms with E-state index in [1.54, 1.807) is 4.68 Å². The van der Waals surface area contributed by atoms with Gasteiger partial charge in [-0.05, 0) is 30.2 Å². The van der Waals surface area contributed by atoms with Gasteiger partial charge < -0.3 is 14.6 Å². The number of aliphatic hydroxyl groups excluding tert-OH is 1. The predicted molar refractivity (Wildman–Crippen MR) is 74.1 cm³/mol. The van der Waals surface area contributed by atoms with Crippen LogP contribution in [0, 0.1) is 0 Å². The van der Waals surface area contributed by atoms with Crippen molar-refractivity contribution in [3.63, 3.8) is 0 Å². The van der Waals surface area contributed by atoms with E-state index in [4.69, 9.17) is 9.47 Å². The molecular weight excluding hydrogens is 256 g/mol. The molecule has 20 heavy (non-hydrogen) atoms. The highest BCUT2D eigenvalue weighted by Crippen LogP contribution is 2.34. The summed E-state index contributed by atoms with van der Waals surface area (Å²) >= 11 is 0. The number of rotatable bonds is 3. The SMILES string of the molecule is CCc1cc(C(O)c2ccc3c(c2)OCCO3)n(C)n1. The predicted octanol–water partition coefficient (Wildman–Crippen LogP) is 1.84. The maximum Gasteiger partial charge on any atom is 0.161 e. The van der Waals surface area contributed by atoms with Gasteiger partial charge in [-0.2, -0.15) is 5.10 Å². The van der Waals surface area contributed by atoms with Crippen molar-refractivity contribution in [2.75, 3.05) is 13.2 Å². The van der Waals surface area contributed by atoms with Crippen LogP contribution in [0.5, 0.6) is 11.5 Å². The van der Waals surface area contributed by atoms with Crippen LogP contribution in [-0.2, 0) is 13.5 Å². The summed E-state index contributed by atoms with van der Waals surface area (Å²) in [6.45, 7) is 3.15. The zero-order chi connectivity index (χ0) is 14.1. The topological polar surface area (TPSA) is 56.5 Å². The van der Waals surface area contributed by atoms with E-state index in [0.29, 0.717) is 19.0 Å². The molecule has 1 aliphatic heterocycles. The van der Waals surface area contributed by atoms with E-state index in [2.05, 4.69) is 5.10 Å². The molecule has 1 aromatic heterocycles. The normalized spacial score (nSPS) is 15.2. The number of nitrogens with zero attached hydrogens (tertiary/aromatic N) is 2. The van der Waals surface area contributed by atoms with E-state index in [1.807, 2.05) is 38.2 Å². The van der Waals surface area contributed by atoms with Crippen molar-refractivity contribution >= 4 is 0 Å². The second kappa shape index (κ2) is 5.17. The average molecular weight is 274 g/mol. The van der Waals surface area contributed by atoms with Gasteiger partial charge in [-0.3, -0.25) is 4.68 Å². The Morgan fingerprint density at radius 2 is 2.00 bits per heavy atom. The molecule has 0 radical (unpaired) electrons. The zero-order valence-corrected chi connectivity index (χ0v) is 11.7. The van der Waals surface area contributed by atoms with E-state index in [9.17, 15) is 5.11 Å². The first-order valence-electron chi connectivity index (χ1n) is 6.79. The molecule has 5 nitrogen and oxygen atoms in total. The molecule has 0 aliphatic carbocycles. The fraction of sp³-hybridized carbons (Fsp3) is 0.400. The summed E-state index contributed by atoms with van der Waals surface area (Å²) < 4.78 is 12.8. The third kappa shape index (κ3) is 2.25. The van der Waals surface area contributed by atoms with E-state index >= 15 is 0 Å². The first kappa shape index (κ1) is 13.0. The molecule has 3 rings (SSSR count). The van der Waals surface area contributed by atoms with Crippen LogP contribution in [0.1, 0.15) is 30.0 Å². The number of benzene rings is 1. The minimum atomic E-state index is -0.719. The van der Waals surface area contributed by atoms with Crippen LogP contribution in [0.2, 0.25) is 0 Å². The second-order valence-corrected chi connectivity index (χ2v) is 4.84. The first-order chi connectivity index (χ1) is 9.69. The lowest BCUT2D eigenvalue weighted by molar-refractivity contribution is 0.169. The van der Waals surface area contributed by atoms with E-state index in [1.165, 1.54) is 0 Å². The standard InChI is InChI=1S/C15H18N2O3/c1-3-11-9-12(17(2)16-11)15(18)10-4-5-13-14(8-10)20-7-6-19-13/h4-5,8-9,15,18H,3,6-7H2,1-2H3. The number of aryl methyl sites for hydroxylation is 2. The fourth-order valence-corrected chi connectivity index (χ4v) is 2.37. The molecule has 0 saturated heterocycles. The van der Waals surface area contributed by atoms with E-state index in [0.717, 1.165) is 29.1 Å². The Hall–Kier alpha value is -2.01. The van der Waals surface area contributed by atoms with Gasteiger partial charge in [0, 0.05) is 7.05 Å². The first-order valence-corrected chi connectivity index (χ1v) is 6.79. The average Bonchev–Trinajstić information content (AvgIpc) is 2.87. The zero-order valence-electron chi connectivity index (χ0n) is 11.7. The summed E-state index contributed by atoms with van der Waals surface area (Å²) in [4.78, 5) is 0. The Kier molecular flexibility index (Phi) is 3.36. The van der Waals surface area contributed by atoms with Gasteiger partial charge >= 0.3 is 0 Å². The number of hydrogen-bond acceptors (Lipinski definition) is 4. The summed E-state index contributed by atoms with van der Waals surface area (Å²) in [5.41, 5.74) is 2.53. The highest BCUT2D eigenvalue weighted by atomic mass is 16.6. The Labute approximate surface area is 117 Å². The smallest absolute Gasteiger partial charge is 0.161 e. The summed E-state index contributed by atoms with van der Waals surface area (Å²) in [5.74, 6) is 1.41. The highest BCUT2D eigenvalue weighted by molar-refractivity contribution is 5.45. The maximum atomic E-state index is 10.5. The third-order valence-corrected chi connectivity index (χ3v) is 3.49. The Morgan fingerprint density at radius 1 is 1.25 bits per heavy atom. The monoisotopic (exact) mass is 274 g/mol. The molecule has 0 spiro atoms. The Bertz CT molecular complexity index is 622.